The number of ether oxygens (including phenoxy) is 2. The SMILES string of the molecule is COc1ccnc(C(=O)N[C@@H](C)C(=O)N[C@@H](C)C(c2ccc(C(C)C)cc2)c2ccc(C(C)C)cc2)c1OC(C)=O. The highest BCUT2D eigenvalue weighted by Crippen LogP contribution is 2.31. The molecule has 2 aromatic carbocycles. The minimum absolute atomic E-state index is 0.101. The lowest BCUT2D eigenvalue weighted by Crippen LogP contribution is -2.49. The van der Waals surface area contributed by atoms with E-state index in [0.717, 1.165) is 11.1 Å². The number of benzene rings is 2. The number of esters is 1. The Morgan fingerprint density at radius 1 is 0.732 bits per heavy atom. The summed E-state index contributed by atoms with van der Waals surface area (Å²) in [6.45, 7) is 13.4. The van der Waals surface area contributed by atoms with Crippen LogP contribution in [-0.4, -0.2) is 42.0 Å². The molecule has 3 aromatic rings. The van der Waals surface area contributed by atoms with Crippen molar-refractivity contribution >= 4 is 17.8 Å². The Labute approximate surface area is 242 Å². The number of carbonyl (C=O) groups excluding carboxylic acids is 3. The zero-order chi connectivity index (χ0) is 30.3. The first-order valence-electron chi connectivity index (χ1n) is 13.9. The van der Waals surface area contributed by atoms with Crippen molar-refractivity contribution in [3.63, 3.8) is 0 Å². The van der Waals surface area contributed by atoms with Crippen LogP contribution in [-0.2, 0) is 9.59 Å². The third kappa shape index (κ3) is 7.93. The second kappa shape index (κ2) is 13.9. The van der Waals surface area contributed by atoms with Gasteiger partial charge in [-0.15, -0.1) is 0 Å². The molecule has 0 aliphatic heterocycles. The minimum Gasteiger partial charge on any atom is -0.493 e. The minimum atomic E-state index is -0.893. The molecule has 218 valence electrons. The van der Waals surface area contributed by atoms with Crippen LogP contribution in [0, 0.1) is 0 Å². The second-order valence-electron chi connectivity index (χ2n) is 10.9. The first-order valence-corrected chi connectivity index (χ1v) is 13.9. The quantitative estimate of drug-likeness (QED) is 0.291. The van der Waals surface area contributed by atoms with Gasteiger partial charge in [-0.25, -0.2) is 4.98 Å². The summed E-state index contributed by atoms with van der Waals surface area (Å²) in [5.74, 6) is -0.856. The van der Waals surface area contributed by atoms with Gasteiger partial charge in [-0.2, -0.15) is 0 Å². The number of rotatable bonds is 11. The number of nitrogens with zero attached hydrogens (tertiary/aromatic N) is 1. The van der Waals surface area contributed by atoms with Gasteiger partial charge in [0, 0.05) is 31.1 Å². The van der Waals surface area contributed by atoms with Crippen LogP contribution < -0.4 is 20.1 Å². The van der Waals surface area contributed by atoms with E-state index in [2.05, 4.69) is 91.8 Å². The first-order chi connectivity index (χ1) is 19.4. The first kappa shape index (κ1) is 31.3. The molecule has 2 amide bonds. The van der Waals surface area contributed by atoms with E-state index in [1.54, 1.807) is 6.92 Å². The van der Waals surface area contributed by atoms with Gasteiger partial charge in [0.25, 0.3) is 5.91 Å². The van der Waals surface area contributed by atoms with E-state index >= 15 is 0 Å². The Morgan fingerprint density at radius 2 is 1.22 bits per heavy atom. The summed E-state index contributed by atoms with van der Waals surface area (Å²) in [7, 11) is 1.39. The van der Waals surface area contributed by atoms with E-state index in [4.69, 9.17) is 9.47 Å². The highest BCUT2D eigenvalue weighted by atomic mass is 16.6. The number of hydrogen-bond donors (Lipinski definition) is 2. The van der Waals surface area contributed by atoms with Gasteiger partial charge in [0.15, 0.2) is 11.4 Å². The Hall–Kier alpha value is -4.20. The molecule has 0 aliphatic carbocycles. The number of amides is 2. The molecule has 0 bridgehead atoms. The molecule has 0 fully saturated rings. The Kier molecular flexibility index (Phi) is 10.6. The standard InChI is InChI=1S/C33H41N3O5/c1-19(2)24-9-13-26(14-10-24)29(27-15-11-25(12-16-27)20(3)4)21(5)35-32(38)22(6)36-33(39)30-31(41-23(7)37)28(40-8)17-18-34-30/h9-22,29H,1-8H3,(H,35,38)(H,36,39)/t21-,22-/m0/s1. The lowest BCUT2D eigenvalue weighted by atomic mass is 9.84. The molecule has 0 aliphatic rings. The molecule has 3 rings (SSSR count). The van der Waals surface area contributed by atoms with E-state index in [1.165, 1.54) is 37.4 Å². The average Bonchev–Trinajstić information content (AvgIpc) is 2.93. The predicted molar refractivity (Wildman–Crippen MR) is 160 cm³/mol. The zero-order valence-corrected chi connectivity index (χ0v) is 25.1. The fraction of sp³-hybridized carbons (Fsp3) is 0.394. The summed E-state index contributed by atoms with van der Waals surface area (Å²) < 4.78 is 10.4. The fourth-order valence-corrected chi connectivity index (χ4v) is 4.70. The van der Waals surface area contributed by atoms with E-state index in [0.29, 0.717) is 11.8 Å². The average molecular weight is 560 g/mol. The van der Waals surface area contributed by atoms with Crippen molar-refractivity contribution in [3.05, 3.63) is 88.7 Å². The van der Waals surface area contributed by atoms with Crippen LogP contribution in [0.5, 0.6) is 11.5 Å². The number of nitrogens with one attached hydrogen (secondary N) is 2. The van der Waals surface area contributed by atoms with Crippen LogP contribution >= 0.6 is 0 Å². The topological polar surface area (TPSA) is 107 Å². The molecular weight excluding hydrogens is 518 g/mol. The van der Waals surface area contributed by atoms with Gasteiger partial charge < -0.3 is 20.1 Å². The van der Waals surface area contributed by atoms with Gasteiger partial charge in [0.05, 0.1) is 7.11 Å². The maximum atomic E-state index is 13.3. The van der Waals surface area contributed by atoms with E-state index in [1.807, 2.05) is 6.92 Å². The Balaban J connectivity index is 1.82. The van der Waals surface area contributed by atoms with Crippen LogP contribution in [0.2, 0.25) is 0 Å². The van der Waals surface area contributed by atoms with Crippen LogP contribution in [0.1, 0.15) is 99.0 Å². The molecule has 41 heavy (non-hydrogen) atoms. The van der Waals surface area contributed by atoms with Crippen LogP contribution in [0.15, 0.2) is 60.8 Å². The summed E-state index contributed by atoms with van der Waals surface area (Å²) in [6.07, 6.45) is 1.37. The van der Waals surface area contributed by atoms with Gasteiger partial charge in [0.2, 0.25) is 11.7 Å². The van der Waals surface area contributed by atoms with Crippen molar-refractivity contribution in [1.82, 2.24) is 15.6 Å². The predicted octanol–water partition coefficient (Wildman–Crippen LogP) is 5.72. The van der Waals surface area contributed by atoms with Gasteiger partial charge in [-0.05, 0) is 47.9 Å². The molecule has 1 aromatic heterocycles. The van der Waals surface area contributed by atoms with Crippen LogP contribution in [0.4, 0.5) is 0 Å². The highest BCUT2D eigenvalue weighted by molar-refractivity contribution is 5.99. The van der Waals surface area contributed by atoms with Crippen molar-refractivity contribution < 1.29 is 23.9 Å². The van der Waals surface area contributed by atoms with Crippen LogP contribution in [0.25, 0.3) is 0 Å². The second-order valence-corrected chi connectivity index (χ2v) is 10.9. The third-order valence-corrected chi connectivity index (χ3v) is 7.08. The van der Waals surface area contributed by atoms with Gasteiger partial charge >= 0.3 is 5.97 Å². The van der Waals surface area contributed by atoms with E-state index in [9.17, 15) is 14.4 Å². The molecular formula is C33H41N3O5. The summed E-state index contributed by atoms with van der Waals surface area (Å²) >= 11 is 0. The lowest BCUT2D eigenvalue weighted by molar-refractivity contribution is -0.132. The Bertz CT molecular complexity index is 1300. The molecule has 2 atom stereocenters. The number of carbonyl (C=O) groups is 3. The number of pyridine rings is 1. The van der Waals surface area contributed by atoms with Gasteiger partial charge in [-0.3, -0.25) is 14.4 Å². The van der Waals surface area contributed by atoms with Crippen LogP contribution in [0.3, 0.4) is 0 Å². The summed E-state index contributed by atoms with van der Waals surface area (Å²) in [5.41, 5.74) is 4.51. The van der Waals surface area contributed by atoms with Crippen molar-refractivity contribution in [2.75, 3.05) is 7.11 Å². The third-order valence-electron chi connectivity index (χ3n) is 7.08. The molecule has 8 nitrogen and oxygen atoms in total. The normalized spacial score (nSPS) is 12.7. The summed E-state index contributed by atoms with van der Waals surface area (Å²) in [4.78, 5) is 42.0. The number of methoxy groups -OCH3 is 1. The Morgan fingerprint density at radius 3 is 1.66 bits per heavy atom. The molecule has 0 spiro atoms. The molecule has 0 unspecified atom stereocenters. The monoisotopic (exact) mass is 559 g/mol. The highest BCUT2D eigenvalue weighted by Gasteiger charge is 2.28. The molecule has 8 heteroatoms. The lowest BCUT2D eigenvalue weighted by Gasteiger charge is -2.28. The maximum Gasteiger partial charge on any atom is 0.308 e. The smallest absolute Gasteiger partial charge is 0.308 e. The molecule has 2 N–H and O–H groups in total. The molecule has 0 radical (unpaired) electrons. The summed E-state index contributed by atoms with van der Waals surface area (Å²) in [5, 5.41) is 5.76. The van der Waals surface area contributed by atoms with Crippen molar-refractivity contribution in [2.24, 2.45) is 0 Å². The van der Waals surface area contributed by atoms with E-state index in [-0.39, 0.29) is 35.1 Å². The van der Waals surface area contributed by atoms with Gasteiger partial charge in [0.1, 0.15) is 6.04 Å². The van der Waals surface area contributed by atoms with Crippen molar-refractivity contribution in [1.29, 1.82) is 0 Å². The van der Waals surface area contributed by atoms with Gasteiger partial charge in [-0.1, -0.05) is 76.2 Å². The molecule has 1 heterocycles. The maximum absolute atomic E-state index is 13.3. The number of aromatic nitrogens is 1. The van der Waals surface area contributed by atoms with E-state index < -0.39 is 17.9 Å². The fourth-order valence-electron chi connectivity index (χ4n) is 4.70. The largest absolute Gasteiger partial charge is 0.493 e. The number of hydrogen-bond acceptors (Lipinski definition) is 6. The van der Waals surface area contributed by atoms with Crippen molar-refractivity contribution in [3.8, 4) is 11.5 Å². The van der Waals surface area contributed by atoms with Crippen molar-refractivity contribution in [2.45, 2.75) is 78.3 Å². The zero-order valence-electron chi connectivity index (χ0n) is 25.1. The summed E-state index contributed by atoms with van der Waals surface area (Å²) in [6, 6.07) is 17.3. The molecule has 0 saturated heterocycles. The molecule has 0 saturated carbocycles.